The standard InChI is InChI=1S/C21H30N4O3/c1-2-17-5-3-4-8-24(17)21(27)16-11-18-20(22-12-16)23-13-19(26)25(18)14-15-6-9-28-10-7-15/h11-12,15,17H,2-10,13-14H2,1H3,(H,22,23). The third-order valence-corrected chi connectivity index (χ3v) is 6.25. The van der Waals surface area contributed by atoms with Crippen molar-refractivity contribution in [2.75, 3.05) is 43.1 Å². The number of pyridine rings is 1. The Kier molecular flexibility index (Phi) is 5.80. The Morgan fingerprint density at radius 1 is 1.29 bits per heavy atom. The molecule has 0 saturated carbocycles. The van der Waals surface area contributed by atoms with Crippen LogP contribution >= 0.6 is 0 Å². The van der Waals surface area contributed by atoms with Gasteiger partial charge in [0.1, 0.15) is 5.82 Å². The molecule has 0 aliphatic carbocycles. The quantitative estimate of drug-likeness (QED) is 0.861. The average molecular weight is 386 g/mol. The Bertz CT molecular complexity index is 732. The molecule has 152 valence electrons. The lowest BCUT2D eigenvalue weighted by Crippen LogP contribution is -2.45. The fraction of sp³-hybridized carbons (Fsp3) is 0.667. The van der Waals surface area contributed by atoms with E-state index in [2.05, 4.69) is 17.2 Å². The van der Waals surface area contributed by atoms with E-state index in [4.69, 9.17) is 4.74 Å². The van der Waals surface area contributed by atoms with Crippen LogP contribution in [0.5, 0.6) is 0 Å². The third kappa shape index (κ3) is 3.85. The van der Waals surface area contributed by atoms with Gasteiger partial charge >= 0.3 is 0 Å². The van der Waals surface area contributed by atoms with E-state index in [1.54, 1.807) is 6.20 Å². The minimum absolute atomic E-state index is 0.0332. The van der Waals surface area contributed by atoms with Crippen molar-refractivity contribution >= 4 is 23.3 Å². The first kappa shape index (κ1) is 19.2. The molecule has 0 bridgehead atoms. The van der Waals surface area contributed by atoms with E-state index >= 15 is 0 Å². The zero-order valence-electron chi connectivity index (χ0n) is 16.7. The Morgan fingerprint density at radius 3 is 2.89 bits per heavy atom. The summed E-state index contributed by atoms with van der Waals surface area (Å²) in [6.07, 6.45) is 7.85. The van der Waals surface area contributed by atoms with E-state index in [1.165, 1.54) is 6.42 Å². The van der Waals surface area contributed by atoms with Crippen LogP contribution in [0.1, 0.15) is 55.8 Å². The SMILES string of the molecule is CCC1CCCCN1C(=O)c1cnc2c(c1)N(CC1CCOCC1)C(=O)CN2. The van der Waals surface area contributed by atoms with Crippen LogP contribution in [0, 0.1) is 5.92 Å². The molecule has 2 fully saturated rings. The van der Waals surface area contributed by atoms with E-state index in [9.17, 15) is 9.59 Å². The lowest BCUT2D eigenvalue weighted by atomic mass is 9.98. The van der Waals surface area contributed by atoms with Gasteiger partial charge in [-0.2, -0.15) is 0 Å². The maximum Gasteiger partial charge on any atom is 0.255 e. The predicted octanol–water partition coefficient (Wildman–Crippen LogP) is 2.67. The second-order valence-corrected chi connectivity index (χ2v) is 8.06. The number of likely N-dealkylation sites (tertiary alicyclic amines) is 1. The van der Waals surface area contributed by atoms with Crippen molar-refractivity contribution in [2.24, 2.45) is 5.92 Å². The molecule has 0 aromatic carbocycles. The summed E-state index contributed by atoms with van der Waals surface area (Å²) in [5, 5.41) is 3.09. The highest BCUT2D eigenvalue weighted by atomic mass is 16.5. The van der Waals surface area contributed by atoms with Crippen LogP contribution in [0.15, 0.2) is 12.3 Å². The number of rotatable bonds is 4. The first-order chi connectivity index (χ1) is 13.7. The van der Waals surface area contributed by atoms with Gasteiger partial charge in [-0.15, -0.1) is 0 Å². The van der Waals surface area contributed by atoms with Crippen LogP contribution < -0.4 is 10.2 Å². The molecular weight excluding hydrogens is 356 g/mol. The zero-order valence-corrected chi connectivity index (χ0v) is 16.7. The topological polar surface area (TPSA) is 74.8 Å². The Labute approximate surface area is 166 Å². The lowest BCUT2D eigenvalue weighted by molar-refractivity contribution is -0.117. The number of amides is 2. The molecule has 3 aliphatic heterocycles. The number of hydrogen-bond acceptors (Lipinski definition) is 5. The smallest absolute Gasteiger partial charge is 0.255 e. The number of fused-ring (bicyclic) bond motifs is 1. The van der Waals surface area contributed by atoms with Crippen LogP contribution in [0.25, 0.3) is 0 Å². The van der Waals surface area contributed by atoms with Gasteiger partial charge in [-0.05, 0) is 50.5 Å². The Balaban J connectivity index is 1.58. The minimum atomic E-state index is 0.0332. The summed E-state index contributed by atoms with van der Waals surface area (Å²) in [4.78, 5) is 34.1. The average Bonchev–Trinajstić information content (AvgIpc) is 2.75. The molecule has 0 radical (unpaired) electrons. The predicted molar refractivity (Wildman–Crippen MR) is 108 cm³/mol. The molecule has 1 aromatic rings. The van der Waals surface area contributed by atoms with E-state index in [0.29, 0.717) is 29.9 Å². The summed E-state index contributed by atoms with van der Waals surface area (Å²) in [5.74, 6) is 1.18. The van der Waals surface area contributed by atoms with Crippen LogP contribution in [0.3, 0.4) is 0 Å². The molecule has 4 rings (SSSR count). The second kappa shape index (κ2) is 8.47. The highest BCUT2D eigenvalue weighted by molar-refractivity contribution is 6.04. The molecule has 7 nitrogen and oxygen atoms in total. The normalized spacial score (nSPS) is 23.3. The molecule has 3 aliphatic rings. The van der Waals surface area contributed by atoms with Gasteiger partial charge in [0.2, 0.25) is 5.91 Å². The Morgan fingerprint density at radius 2 is 2.11 bits per heavy atom. The van der Waals surface area contributed by atoms with Crippen molar-refractivity contribution in [3.8, 4) is 0 Å². The number of nitrogens with one attached hydrogen (secondary N) is 1. The maximum atomic E-state index is 13.2. The number of nitrogens with zero attached hydrogens (tertiary/aromatic N) is 3. The zero-order chi connectivity index (χ0) is 19.5. The van der Waals surface area contributed by atoms with Crippen LogP contribution in [-0.2, 0) is 9.53 Å². The van der Waals surface area contributed by atoms with Crippen molar-refractivity contribution in [1.29, 1.82) is 0 Å². The summed E-state index contributed by atoms with van der Waals surface area (Å²) in [6.45, 7) is 5.36. The fourth-order valence-electron chi connectivity index (χ4n) is 4.55. The van der Waals surface area contributed by atoms with Crippen molar-refractivity contribution in [2.45, 2.75) is 51.5 Å². The third-order valence-electron chi connectivity index (χ3n) is 6.25. The van der Waals surface area contributed by atoms with Gasteiger partial charge in [0, 0.05) is 38.5 Å². The molecule has 1 aromatic heterocycles. The van der Waals surface area contributed by atoms with Gasteiger partial charge in [-0.1, -0.05) is 6.92 Å². The number of piperidine rings is 1. The van der Waals surface area contributed by atoms with E-state index in [1.807, 2.05) is 15.9 Å². The van der Waals surface area contributed by atoms with E-state index in [0.717, 1.165) is 57.6 Å². The molecule has 28 heavy (non-hydrogen) atoms. The monoisotopic (exact) mass is 386 g/mol. The second-order valence-electron chi connectivity index (χ2n) is 8.06. The van der Waals surface area contributed by atoms with E-state index in [-0.39, 0.29) is 18.4 Å². The van der Waals surface area contributed by atoms with Crippen LogP contribution in [-0.4, -0.2) is 60.6 Å². The van der Waals surface area contributed by atoms with Gasteiger partial charge in [0.25, 0.3) is 5.91 Å². The number of hydrogen-bond donors (Lipinski definition) is 1. The summed E-state index contributed by atoms with van der Waals surface area (Å²) < 4.78 is 5.45. The van der Waals surface area contributed by atoms with Crippen molar-refractivity contribution in [3.05, 3.63) is 17.8 Å². The lowest BCUT2D eigenvalue weighted by Gasteiger charge is -2.36. The van der Waals surface area contributed by atoms with Crippen LogP contribution in [0.2, 0.25) is 0 Å². The fourth-order valence-corrected chi connectivity index (χ4v) is 4.55. The van der Waals surface area contributed by atoms with Gasteiger partial charge in [-0.25, -0.2) is 4.98 Å². The molecule has 1 unspecified atom stereocenters. The van der Waals surface area contributed by atoms with Gasteiger partial charge in [-0.3, -0.25) is 9.59 Å². The first-order valence-corrected chi connectivity index (χ1v) is 10.6. The number of carbonyl (C=O) groups is 2. The molecular formula is C21H30N4O3. The van der Waals surface area contributed by atoms with Gasteiger partial charge in [0.05, 0.1) is 17.8 Å². The van der Waals surface area contributed by atoms with Crippen molar-refractivity contribution in [1.82, 2.24) is 9.88 Å². The number of carbonyl (C=O) groups excluding carboxylic acids is 2. The minimum Gasteiger partial charge on any atom is -0.381 e. The number of anilines is 2. The van der Waals surface area contributed by atoms with Crippen molar-refractivity contribution in [3.63, 3.8) is 0 Å². The van der Waals surface area contributed by atoms with Gasteiger partial charge in [0.15, 0.2) is 0 Å². The van der Waals surface area contributed by atoms with Crippen LogP contribution in [0.4, 0.5) is 11.5 Å². The molecule has 1 N–H and O–H groups in total. The molecule has 2 amide bonds. The van der Waals surface area contributed by atoms with E-state index < -0.39 is 0 Å². The van der Waals surface area contributed by atoms with Gasteiger partial charge < -0.3 is 19.9 Å². The number of aromatic nitrogens is 1. The first-order valence-electron chi connectivity index (χ1n) is 10.6. The molecule has 0 spiro atoms. The molecule has 4 heterocycles. The maximum absolute atomic E-state index is 13.2. The molecule has 7 heteroatoms. The largest absolute Gasteiger partial charge is 0.381 e. The van der Waals surface area contributed by atoms with Crippen molar-refractivity contribution < 1.29 is 14.3 Å². The summed E-state index contributed by atoms with van der Waals surface area (Å²) in [6, 6.07) is 2.16. The Hall–Kier alpha value is -2.15. The summed E-state index contributed by atoms with van der Waals surface area (Å²) in [5.41, 5.74) is 1.31. The summed E-state index contributed by atoms with van der Waals surface area (Å²) >= 11 is 0. The number of ether oxygens (including phenoxy) is 1. The highest BCUT2D eigenvalue weighted by Crippen LogP contribution is 2.31. The highest BCUT2D eigenvalue weighted by Gasteiger charge is 2.31. The summed E-state index contributed by atoms with van der Waals surface area (Å²) in [7, 11) is 0. The molecule has 2 saturated heterocycles. The molecule has 1 atom stereocenters.